The van der Waals surface area contributed by atoms with Gasteiger partial charge < -0.3 is 9.84 Å². The summed E-state index contributed by atoms with van der Waals surface area (Å²) in [5.41, 5.74) is 0. The summed E-state index contributed by atoms with van der Waals surface area (Å²) >= 11 is 0. The molecule has 1 aliphatic rings. The molecule has 0 aromatic heterocycles. The molecule has 1 N–H and O–H groups in total. The van der Waals surface area contributed by atoms with Gasteiger partial charge in [-0.1, -0.05) is 12.8 Å². The smallest absolute Gasteiger partial charge is 0.305 e. The number of aliphatic hydroxyl groups is 1. The van der Waals surface area contributed by atoms with Crippen LogP contribution in [0.25, 0.3) is 0 Å². The van der Waals surface area contributed by atoms with E-state index in [1.54, 1.807) is 0 Å². The molecule has 70 valence electrons. The molecule has 0 spiro atoms. The average molecular weight is 172 g/mol. The molecule has 3 nitrogen and oxygen atoms in total. The second-order valence-corrected chi connectivity index (χ2v) is 3.39. The van der Waals surface area contributed by atoms with Gasteiger partial charge in [0.25, 0.3) is 0 Å². The van der Waals surface area contributed by atoms with Crippen molar-refractivity contribution in [3.8, 4) is 0 Å². The minimum Gasteiger partial charge on any atom is -0.469 e. The molecular weight excluding hydrogens is 156 g/mol. The molecule has 0 aromatic rings. The Balaban J connectivity index is 2.33. The standard InChI is InChI=1S/C9H16O3/c1-12-9(11)6-7-4-2-3-5-8(7)10/h7-8,10H,2-6H2,1H3/t7?,8-/m1/s1. The lowest BCUT2D eigenvalue weighted by Gasteiger charge is -2.26. The Kier molecular flexibility index (Phi) is 3.53. The third-order valence-electron chi connectivity index (χ3n) is 2.53. The normalized spacial score (nSPS) is 29.8. The molecule has 1 unspecified atom stereocenters. The highest BCUT2D eigenvalue weighted by Crippen LogP contribution is 2.26. The summed E-state index contributed by atoms with van der Waals surface area (Å²) in [6, 6.07) is 0. The van der Waals surface area contributed by atoms with Gasteiger partial charge in [0.1, 0.15) is 0 Å². The van der Waals surface area contributed by atoms with Gasteiger partial charge >= 0.3 is 5.97 Å². The summed E-state index contributed by atoms with van der Waals surface area (Å²) in [5.74, 6) is -0.0767. The van der Waals surface area contributed by atoms with E-state index < -0.39 is 0 Å². The lowest BCUT2D eigenvalue weighted by atomic mass is 9.84. The summed E-state index contributed by atoms with van der Waals surface area (Å²) in [6.45, 7) is 0. The number of carbonyl (C=O) groups is 1. The Morgan fingerprint density at radius 3 is 2.75 bits per heavy atom. The Labute approximate surface area is 72.7 Å². The van der Waals surface area contributed by atoms with Crippen LogP contribution >= 0.6 is 0 Å². The molecule has 2 atom stereocenters. The first kappa shape index (κ1) is 9.52. The molecule has 0 amide bonds. The van der Waals surface area contributed by atoms with Crippen LogP contribution in [0.2, 0.25) is 0 Å². The van der Waals surface area contributed by atoms with Crippen molar-refractivity contribution in [3.63, 3.8) is 0 Å². The number of rotatable bonds is 2. The van der Waals surface area contributed by atoms with E-state index in [0.29, 0.717) is 6.42 Å². The highest BCUT2D eigenvalue weighted by molar-refractivity contribution is 5.69. The largest absolute Gasteiger partial charge is 0.469 e. The first-order valence-corrected chi connectivity index (χ1v) is 4.49. The number of methoxy groups -OCH3 is 1. The Morgan fingerprint density at radius 1 is 1.50 bits per heavy atom. The van der Waals surface area contributed by atoms with Gasteiger partial charge in [0.05, 0.1) is 19.6 Å². The molecule has 1 fully saturated rings. The van der Waals surface area contributed by atoms with Crippen LogP contribution < -0.4 is 0 Å². The molecule has 3 heteroatoms. The fourth-order valence-corrected chi connectivity index (χ4v) is 1.72. The van der Waals surface area contributed by atoms with Crippen molar-refractivity contribution in [2.75, 3.05) is 7.11 Å². The molecule has 0 aliphatic heterocycles. The molecular formula is C9H16O3. The predicted octanol–water partition coefficient (Wildman–Crippen LogP) is 1.10. The SMILES string of the molecule is COC(=O)CC1CCCC[C@H]1O. The molecule has 1 saturated carbocycles. The summed E-state index contributed by atoms with van der Waals surface area (Å²) in [4.78, 5) is 10.9. The van der Waals surface area contributed by atoms with Crippen molar-refractivity contribution in [2.24, 2.45) is 5.92 Å². The Hall–Kier alpha value is -0.570. The molecule has 1 aliphatic carbocycles. The van der Waals surface area contributed by atoms with E-state index >= 15 is 0 Å². The quantitative estimate of drug-likeness (QED) is 0.634. The summed E-state index contributed by atoms with van der Waals surface area (Å²) in [6.07, 6.45) is 4.07. The lowest BCUT2D eigenvalue weighted by Crippen LogP contribution is -2.26. The number of carbonyl (C=O) groups excluding carboxylic acids is 1. The van der Waals surface area contributed by atoms with Crippen LogP contribution in [0.5, 0.6) is 0 Å². The van der Waals surface area contributed by atoms with E-state index in [2.05, 4.69) is 4.74 Å². The average Bonchev–Trinajstić information content (AvgIpc) is 2.09. The van der Waals surface area contributed by atoms with E-state index in [-0.39, 0.29) is 18.0 Å². The number of aliphatic hydroxyl groups excluding tert-OH is 1. The van der Waals surface area contributed by atoms with Crippen molar-refractivity contribution in [2.45, 2.75) is 38.2 Å². The monoisotopic (exact) mass is 172 g/mol. The third kappa shape index (κ3) is 2.48. The van der Waals surface area contributed by atoms with Crippen molar-refractivity contribution in [3.05, 3.63) is 0 Å². The summed E-state index contributed by atoms with van der Waals surface area (Å²) in [7, 11) is 1.39. The maximum Gasteiger partial charge on any atom is 0.305 e. The fourth-order valence-electron chi connectivity index (χ4n) is 1.72. The maximum absolute atomic E-state index is 10.9. The van der Waals surface area contributed by atoms with Crippen LogP contribution in [-0.2, 0) is 9.53 Å². The minimum atomic E-state index is -0.294. The highest BCUT2D eigenvalue weighted by Gasteiger charge is 2.25. The van der Waals surface area contributed by atoms with Gasteiger partial charge in [0.2, 0.25) is 0 Å². The van der Waals surface area contributed by atoms with Gasteiger partial charge in [-0.15, -0.1) is 0 Å². The van der Waals surface area contributed by atoms with Crippen LogP contribution in [0.1, 0.15) is 32.1 Å². The first-order valence-electron chi connectivity index (χ1n) is 4.49. The maximum atomic E-state index is 10.9. The molecule has 0 aromatic carbocycles. The molecule has 12 heavy (non-hydrogen) atoms. The van der Waals surface area contributed by atoms with Crippen molar-refractivity contribution < 1.29 is 14.6 Å². The molecule has 0 bridgehead atoms. The molecule has 0 saturated heterocycles. The molecule has 0 heterocycles. The van der Waals surface area contributed by atoms with Gasteiger partial charge in [-0.2, -0.15) is 0 Å². The zero-order chi connectivity index (χ0) is 8.97. The second kappa shape index (κ2) is 4.45. The van der Waals surface area contributed by atoms with E-state index in [4.69, 9.17) is 0 Å². The fraction of sp³-hybridized carbons (Fsp3) is 0.889. The van der Waals surface area contributed by atoms with Crippen molar-refractivity contribution in [1.29, 1.82) is 0 Å². The number of hydrogen-bond donors (Lipinski definition) is 1. The number of ether oxygens (including phenoxy) is 1. The summed E-state index contributed by atoms with van der Waals surface area (Å²) in [5, 5.41) is 9.51. The van der Waals surface area contributed by atoms with Crippen LogP contribution in [0.4, 0.5) is 0 Å². The number of esters is 1. The van der Waals surface area contributed by atoms with Gasteiger partial charge in [0, 0.05) is 0 Å². The van der Waals surface area contributed by atoms with E-state index in [1.165, 1.54) is 7.11 Å². The third-order valence-corrected chi connectivity index (χ3v) is 2.53. The van der Waals surface area contributed by atoms with Crippen LogP contribution in [-0.4, -0.2) is 24.3 Å². The molecule has 1 rings (SSSR count). The van der Waals surface area contributed by atoms with Crippen LogP contribution in [0, 0.1) is 5.92 Å². The Bertz CT molecular complexity index is 156. The van der Waals surface area contributed by atoms with Gasteiger partial charge in [-0.3, -0.25) is 4.79 Å². The highest BCUT2D eigenvalue weighted by atomic mass is 16.5. The second-order valence-electron chi connectivity index (χ2n) is 3.39. The van der Waals surface area contributed by atoms with Gasteiger partial charge in [-0.25, -0.2) is 0 Å². The Morgan fingerprint density at radius 2 is 2.17 bits per heavy atom. The zero-order valence-electron chi connectivity index (χ0n) is 7.45. The first-order chi connectivity index (χ1) is 5.74. The summed E-state index contributed by atoms with van der Waals surface area (Å²) < 4.78 is 4.55. The van der Waals surface area contributed by atoms with E-state index in [9.17, 15) is 9.90 Å². The van der Waals surface area contributed by atoms with E-state index in [1.807, 2.05) is 0 Å². The number of hydrogen-bond acceptors (Lipinski definition) is 3. The van der Waals surface area contributed by atoms with Gasteiger partial charge in [0.15, 0.2) is 0 Å². The van der Waals surface area contributed by atoms with Crippen LogP contribution in [0.15, 0.2) is 0 Å². The van der Waals surface area contributed by atoms with Gasteiger partial charge in [-0.05, 0) is 18.8 Å². The molecule has 0 radical (unpaired) electrons. The van der Waals surface area contributed by atoms with Crippen LogP contribution in [0.3, 0.4) is 0 Å². The zero-order valence-corrected chi connectivity index (χ0v) is 7.45. The topological polar surface area (TPSA) is 46.5 Å². The minimum absolute atomic E-state index is 0.131. The van der Waals surface area contributed by atoms with Crippen molar-refractivity contribution in [1.82, 2.24) is 0 Å². The van der Waals surface area contributed by atoms with Crippen molar-refractivity contribution >= 4 is 5.97 Å². The predicted molar refractivity (Wildman–Crippen MR) is 44.6 cm³/mol. The lowest BCUT2D eigenvalue weighted by molar-refractivity contribution is -0.143. The van der Waals surface area contributed by atoms with E-state index in [0.717, 1.165) is 25.7 Å².